The van der Waals surface area contributed by atoms with Gasteiger partial charge in [-0.25, -0.2) is 0 Å². The van der Waals surface area contributed by atoms with Crippen LogP contribution in [0, 0.1) is 6.92 Å². The Balaban J connectivity index is 2.32. The van der Waals surface area contributed by atoms with E-state index in [1.165, 1.54) is 24.5 Å². The van der Waals surface area contributed by atoms with Crippen molar-refractivity contribution in [2.24, 2.45) is 0 Å². The number of benzene rings is 1. The van der Waals surface area contributed by atoms with Gasteiger partial charge < -0.3 is 4.74 Å². The third kappa shape index (κ3) is 3.34. The van der Waals surface area contributed by atoms with Gasteiger partial charge in [0.05, 0.1) is 0 Å². The van der Waals surface area contributed by atoms with Crippen molar-refractivity contribution in [1.29, 1.82) is 0 Å². The summed E-state index contributed by atoms with van der Waals surface area (Å²) in [4.78, 5) is 16.1. The predicted octanol–water partition coefficient (Wildman–Crippen LogP) is 3.52. The number of rotatable bonds is 3. The molecule has 0 saturated carbocycles. The lowest BCUT2D eigenvalue weighted by Gasteiger charge is -2.10. The first-order chi connectivity index (χ1) is 9.37. The van der Waals surface area contributed by atoms with E-state index in [2.05, 4.69) is 9.72 Å². The molecule has 0 radical (unpaired) electrons. The molecule has 0 amide bonds. The van der Waals surface area contributed by atoms with Crippen LogP contribution in [0.15, 0.2) is 42.7 Å². The first kappa shape index (κ1) is 14.0. The normalized spacial score (nSPS) is 11.2. The highest BCUT2D eigenvalue weighted by molar-refractivity contribution is 6.09. The third-order valence-electron chi connectivity index (χ3n) is 2.61. The summed E-state index contributed by atoms with van der Waals surface area (Å²) in [6.45, 7) is 1.73. The topological polar surface area (TPSA) is 39.2 Å². The quantitative estimate of drug-likeness (QED) is 0.808. The Bertz CT molecular complexity index is 638. The van der Waals surface area contributed by atoms with E-state index in [0.29, 0.717) is 11.1 Å². The number of carbonyl (C=O) groups is 1. The first-order valence-corrected chi connectivity index (χ1v) is 5.68. The number of aryl methyl sites for hydroxylation is 1. The molecule has 20 heavy (non-hydrogen) atoms. The van der Waals surface area contributed by atoms with Gasteiger partial charge in [0.15, 0.2) is 5.78 Å². The number of nitrogens with zero attached hydrogens (tertiary/aromatic N) is 1. The van der Waals surface area contributed by atoms with Gasteiger partial charge in [0.25, 0.3) is 0 Å². The fourth-order valence-electron chi connectivity index (χ4n) is 1.69. The van der Waals surface area contributed by atoms with E-state index in [4.69, 9.17) is 0 Å². The van der Waals surface area contributed by atoms with Gasteiger partial charge >= 0.3 is 6.36 Å². The second kappa shape index (κ2) is 5.32. The Morgan fingerprint density at radius 3 is 2.65 bits per heavy atom. The molecule has 0 spiro atoms. The highest BCUT2D eigenvalue weighted by Gasteiger charge is 2.31. The zero-order valence-electron chi connectivity index (χ0n) is 10.4. The van der Waals surface area contributed by atoms with Crippen molar-refractivity contribution >= 4 is 5.78 Å². The van der Waals surface area contributed by atoms with Crippen LogP contribution in [0.1, 0.15) is 21.5 Å². The van der Waals surface area contributed by atoms with Gasteiger partial charge in [-0.1, -0.05) is 12.1 Å². The Morgan fingerprint density at radius 1 is 1.25 bits per heavy atom. The SMILES string of the molecule is Cc1ccncc1C(=O)c1cccc(OC(F)(F)F)c1. The highest BCUT2D eigenvalue weighted by atomic mass is 19.4. The van der Waals surface area contributed by atoms with Gasteiger partial charge in [-0.15, -0.1) is 13.2 Å². The largest absolute Gasteiger partial charge is 0.573 e. The van der Waals surface area contributed by atoms with Gasteiger partial charge in [-0.3, -0.25) is 9.78 Å². The van der Waals surface area contributed by atoms with Crippen LogP contribution >= 0.6 is 0 Å². The van der Waals surface area contributed by atoms with Crippen molar-refractivity contribution in [2.75, 3.05) is 0 Å². The standard InChI is InChI=1S/C14H10F3NO2/c1-9-5-6-18-8-12(9)13(19)10-3-2-4-11(7-10)20-14(15,16)17/h2-8H,1H3. The zero-order chi connectivity index (χ0) is 14.8. The number of aromatic nitrogens is 1. The summed E-state index contributed by atoms with van der Waals surface area (Å²) < 4.78 is 40.2. The molecule has 2 aromatic rings. The first-order valence-electron chi connectivity index (χ1n) is 5.68. The second-order valence-electron chi connectivity index (χ2n) is 4.10. The van der Waals surface area contributed by atoms with Crippen molar-refractivity contribution in [3.8, 4) is 5.75 Å². The van der Waals surface area contributed by atoms with Crippen LogP contribution in [0.2, 0.25) is 0 Å². The van der Waals surface area contributed by atoms with Crippen molar-refractivity contribution in [3.05, 3.63) is 59.4 Å². The van der Waals surface area contributed by atoms with Crippen LogP contribution < -0.4 is 4.74 Å². The van der Waals surface area contributed by atoms with E-state index >= 15 is 0 Å². The van der Waals surface area contributed by atoms with Gasteiger partial charge in [0.2, 0.25) is 0 Å². The molecule has 0 atom stereocenters. The van der Waals surface area contributed by atoms with E-state index in [-0.39, 0.29) is 5.56 Å². The molecular formula is C14H10F3NO2. The zero-order valence-corrected chi connectivity index (χ0v) is 10.4. The van der Waals surface area contributed by atoms with Crippen molar-refractivity contribution in [2.45, 2.75) is 13.3 Å². The maximum Gasteiger partial charge on any atom is 0.573 e. The number of ketones is 1. The molecule has 1 heterocycles. The summed E-state index contributed by atoms with van der Waals surface area (Å²) in [7, 11) is 0. The van der Waals surface area contributed by atoms with Crippen molar-refractivity contribution < 1.29 is 22.7 Å². The van der Waals surface area contributed by atoms with Gasteiger partial charge in [0.1, 0.15) is 5.75 Å². The molecule has 6 heteroatoms. The van der Waals surface area contributed by atoms with Crippen LogP contribution in [0.5, 0.6) is 5.75 Å². The molecule has 3 nitrogen and oxygen atoms in total. The lowest BCUT2D eigenvalue weighted by Crippen LogP contribution is -2.17. The number of hydrogen-bond donors (Lipinski definition) is 0. The fraction of sp³-hybridized carbons (Fsp3) is 0.143. The number of halogens is 3. The molecule has 0 saturated heterocycles. The molecule has 0 aliphatic carbocycles. The minimum absolute atomic E-state index is 0.114. The highest BCUT2D eigenvalue weighted by Crippen LogP contribution is 2.24. The molecular weight excluding hydrogens is 271 g/mol. The number of ether oxygens (including phenoxy) is 1. The Morgan fingerprint density at radius 2 is 2.00 bits per heavy atom. The maximum atomic E-state index is 12.2. The van der Waals surface area contributed by atoms with E-state index in [0.717, 1.165) is 12.1 Å². The fourth-order valence-corrected chi connectivity index (χ4v) is 1.69. The molecule has 104 valence electrons. The summed E-state index contributed by atoms with van der Waals surface area (Å²) in [6.07, 6.45) is -1.86. The number of pyridine rings is 1. The van der Waals surface area contributed by atoms with Gasteiger partial charge in [-0.2, -0.15) is 0 Å². The molecule has 0 unspecified atom stereocenters. The molecule has 0 aliphatic rings. The Hall–Kier alpha value is -2.37. The van der Waals surface area contributed by atoms with Crippen LogP contribution in [0.4, 0.5) is 13.2 Å². The average molecular weight is 281 g/mol. The predicted molar refractivity (Wildman–Crippen MR) is 65.5 cm³/mol. The monoisotopic (exact) mass is 281 g/mol. The summed E-state index contributed by atoms with van der Waals surface area (Å²) in [5, 5.41) is 0. The maximum absolute atomic E-state index is 12.2. The minimum atomic E-state index is -4.79. The molecule has 1 aromatic carbocycles. The van der Waals surface area contributed by atoms with Crippen molar-refractivity contribution in [3.63, 3.8) is 0 Å². The van der Waals surface area contributed by atoms with Gasteiger partial charge in [-0.05, 0) is 30.7 Å². The number of alkyl halides is 3. The van der Waals surface area contributed by atoms with E-state index in [1.54, 1.807) is 13.0 Å². The van der Waals surface area contributed by atoms with Crippen LogP contribution in [-0.4, -0.2) is 17.1 Å². The molecule has 1 aromatic heterocycles. The molecule has 0 fully saturated rings. The molecule has 0 aliphatic heterocycles. The summed E-state index contributed by atoms with van der Waals surface area (Å²) >= 11 is 0. The number of hydrogen-bond acceptors (Lipinski definition) is 3. The van der Waals surface area contributed by atoms with Crippen LogP contribution in [0.25, 0.3) is 0 Å². The number of carbonyl (C=O) groups excluding carboxylic acids is 1. The Labute approximate surface area is 113 Å². The van der Waals surface area contributed by atoms with Crippen LogP contribution in [-0.2, 0) is 0 Å². The molecule has 2 rings (SSSR count). The van der Waals surface area contributed by atoms with E-state index in [9.17, 15) is 18.0 Å². The minimum Gasteiger partial charge on any atom is -0.406 e. The molecule has 0 bridgehead atoms. The van der Waals surface area contributed by atoms with Gasteiger partial charge in [0, 0.05) is 23.5 Å². The lowest BCUT2D eigenvalue weighted by atomic mass is 10.0. The summed E-state index contributed by atoms with van der Waals surface area (Å²) in [5.74, 6) is -0.826. The second-order valence-corrected chi connectivity index (χ2v) is 4.10. The summed E-state index contributed by atoms with van der Waals surface area (Å²) in [6, 6.07) is 6.62. The Kier molecular flexibility index (Phi) is 3.74. The third-order valence-corrected chi connectivity index (χ3v) is 2.61. The van der Waals surface area contributed by atoms with Crippen molar-refractivity contribution in [1.82, 2.24) is 4.98 Å². The lowest BCUT2D eigenvalue weighted by molar-refractivity contribution is -0.274. The van der Waals surface area contributed by atoms with Crippen LogP contribution in [0.3, 0.4) is 0 Å². The van der Waals surface area contributed by atoms with E-state index < -0.39 is 17.9 Å². The van der Waals surface area contributed by atoms with E-state index in [1.807, 2.05) is 0 Å². The molecule has 0 N–H and O–H groups in total. The average Bonchev–Trinajstić information content (AvgIpc) is 2.37. The smallest absolute Gasteiger partial charge is 0.406 e. The summed E-state index contributed by atoms with van der Waals surface area (Å²) in [5.41, 5.74) is 1.16.